The van der Waals surface area contributed by atoms with Gasteiger partial charge in [-0.2, -0.15) is 0 Å². The first-order chi connectivity index (χ1) is 8.90. The second-order valence-electron chi connectivity index (χ2n) is 4.61. The third-order valence-corrected chi connectivity index (χ3v) is 5.36. The fourth-order valence-corrected chi connectivity index (χ4v) is 3.36. The van der Waals surface area contributed by atoms with E-state index in [0.29, 0.717) is 6.54 Å². The molecule has 1 aromatic carbocycles. The van der Waals surface area contributed by atoms with Crippen LogP contribution in [0.3, 0.4) is 0 Å². The Morgan fingerprint density at radius 2 is 2.11 bits per heavy atom. The second kappa shape index (κ2) is 7.38. The zero-order valence-corrected chi connectivity index (χ0v) is 13.7. The molecule has 0 amide bonds. The highest BCUT2D eigenvalue weighted by Crippen LogP contribution is 2.20. The lowest BCUT2D eigenvalue weighted by Gasteiger charge is -2.17. The van der Waals surface area contributed by atoms with Gasteiger partial charge in [0.2, 0.25) is 10.0 Å². The Balaban J connectivity index is 2.87. The van der Waals surface area contributed by atoms with Crippen LogP contribution in [-0.2, 0) is 10.0 Å². The van der Waals surface area contributed by atoms with Crippen molar-refractivity contribution in [1.82, 2.24) is 4.72 Å². The van der Waals surface area contributed by atoms with Crippen LogP contribution in [0, 0.1) is 6.92 Å². The molecule has 3 N–H and O–H groups in total. The number of unbranched alkanes of at least 4 members (excludes halogenated alkanes) is 1. The summed E-state index contributed by atoms with van der Waals surface area (Å²) in [7, 11) is -3.49. The summed E-state index contributed by atoms with van der Waals surface area (Å²) in [6.07, 6.45) is 2.75. The van der Waals surface area contributed by atoms with Crippen LogP contribution < -0.4 is 10.5 Å². The van der Waals surface area contributed by atoms with Gasteiger partial charge in [-0.1, -0.05) is 35.7 Å². The third kappa shape index (κ3) is 4.87. The van der Waals surface area contributed by atoms with E-state index in [0.717, 1.165) is 29.3 Å². The number of aryl methyl sites for hydroxylation is 1. The van der Waals surface area contributed by atoms with Crippen LogP contribution >= 0.6 is 15.9 Å². The Morgan fingerprint density at radius 1 is 1.42 bits per heavy atom. The maximum absolute atomic E-state index is 12.2. The predicted octanol–water partition coefficient (Wildman–Crippen LogP) is 2.55. The van der Waals surface area contributed by atoms with E-state index in [1.165, 1.54) is 0 Å². The number of rotatable bonds is 7. The molecule has 1 atom stereocenters. The minimum atomic E-state index is -3.49. The molecule has 1 unspecified atom stereocenters. The topological polar surface area (TPSA) is 72.2 Å². The van der Waals surface area contributed by atoms with Crippen LogP contribution in [0.4, 0.5) is 0 Å². The lowest BCUT2D eigenvalue weighted by atomic mass is 10.1. The Kier molecular flexibility index (Phi) is 6.46. The van der Waals surface area contributed by atoms with E-state index in [4.69, 9.17) is 5.73 Å². The molecule has 0 spiro atoms. The quantitative estimate of drug-likeness (QED) is 0.795. The van der Waals surface area contributed by atoms with Gasteiger partial charge in [0.25, 0.3) is 0 Å². The van der Waals surface area contributed by atoms with Gasteiger partial charge in [-0.15, -0.1) is 0 Å². The first kappa shape index (κ1) is 16.6. The van der Waals surface area contributed by atoms with Crippen molar-refractivity contribution in [3.05, 3.63) is 28.2 Å². The number of benzene rings is 1. The van der Waals surface area contributed by atoms with Gasteiger partial charge in [0.15, 0.2) is 0 Å². The maximum Gasteiger partial charge on any atom is 0.240 e. The smallest absolute Gasteiger partial charge is 0.240 e. The Labute approximate surface area is 124 Å². The molecule has 0 bridgehead atoms. The molecule has 1 aromatic rings. The molecule has 0 aromatic heterocycles. The van der Waals surface area contributed by atoms with Gasteiger partial charge in [0.05, 0.1) is 4.90 Å². The van der Waals surface area contributed by atoms with Crippen molar-refractivity contribution in [1.29, 1.82) is 0 Å². The van der Waals surface area contributed by atoms with E-state index in [1.54, 1.807) is 18.2 Å². The molecule has 0 aliphatic carbocycles. The maximum atomic E-state index is 12.2. The van der Waals surface area contributed by atoms with E-state index in [9.17, 15) is 8.42 Å². The fraction of sp³-hybridized carbons (Fsp3) is 0.538. The Bertz CT molecular complexity index is 517. The fourth-order valence-electron chi connectivity index (χ4n) is 1.75. The van der Waals surface area contributed by atoms with Crippen molar-refractivity contribution in [2.75, 3.05) is 6.54 Å². The zero-order valence-electron chi connectivity index (χ0n) is 11.3. The van der Waals surface area contributed by atoms with Crippen molar-refractivity contribution in [3.8, 4) is 0 Å². The second-order valence-corrected chi connectivity index (χ2v) is 7.18. The Morgan fingerprint density at radius 3 is 2.63 bits per heavy atom. The summed E-state index contributed by atoms with van der Waals surface area (Å²) < 4.78 is 28.1. The van der Waals surface area contributed by atoms with Crippen LogP contribution in [0.5, 0.6) is 0 Å². The Hall–Kier alpha value is -0.430. The first-order valence-electron chi connectivity index (χ1n) is 6.39. The van der Waals surface area contributed by atoms with Crippen LogP contribution in [0.25, 0.3) is 0 Å². The highest BCUT2D eigenvalue weighted by molar-refractivity contribution is 9.10. The highest BCUT2D eigenvalue weighted by atomic mass is 79.9. The number of nitrogens with two attached hydrogens (primary N) is 1. The van der Waals surface area contributed by atoms with Gasteiger partial charge < -0.3 is 5.73 Å². The monoisotopic (exact) mass is 348 g/mol. The van der Waals surface area contributed by atoms with Crippen LogP contribution in [0.1, 0.15) is 31.7 Å². The van der Waals surface area contributed by atoms with Crippen molar-refractivity contribution >= 4 is 26.0 Å². The van der Waals surface area contributed by atoms with Gasteiger partial charge in [-0.3, -0.25) is 0 Å². The van der Waals surface area contributed by atoms with Gasteiger partial charge in [-0.25, -0.2) is 13.1 Å². The molecule has 0 fully saturated rings. The zero-order chi connectivity index (χ0) is 14.5. The summed E-state index contributed by atoms with van der Waals surface area (Å²) in [4.78, 5) is 0.281. The summed E-state index contributed by atoms with van der Waals surface area (Å²) in [6.45, 7) is 4.25. The highest BCUT2D eigenvalue weighted by Gasteiger charge is 2.19. The summed E-state index contributed by atoms with van der Waals surface area (Å²) in [5, 5.41) is 0. The molecular weight excluding hydrogens is 328 g/mol. The van der Waals surface area contributed by atoms with Crippen molar-refractivity contribution in [3.63, 3.8) is 0 Å². The number of sulfonamides is 1. The van der Waals surface area contributed by atoms with E-state index in [-0.39, 0.29) is 10.9 Å². The average molecular weight is 349 g/mol. The summed E-state index contributed by atoms with van der Waals surface area (Å²) in [5.41, 5.74) is 6.51. The van der Waals surface area contributed by atoms with Gasteiger partial charge in [0.1, 0.15) is 0 Å². The van der Waals surface area contributed by atoms with Gasteiger partial charge in [0, 0.05) is 17.1 Å². The van der Waals surface area contributed by atoms with Crippen LogP contribution in [0.15, 0.2) is 27.6 Å². The summed E-state index contributed by atoms with van der Waals surface area (Å²) in [5.74, 6) is 0. The first-order valence-corrected chi connectivity index (χ1v) is 8.67. The molecule has 19 heavy (non-hydrogen) atoms. The molecule has 0 saturated carbocycles. The van der Waals surface area contributed by atoms with Gasteiger partial charge in [-0.05, 0) is 37.1 Å². The molecule has 0 saturated heterocycles. The molecule has 0 aliphatic rings. The lowest BCUT2D eigenvalue weighted by Crippen LogP contribution is -2.40. The van der Waals surface area contributed by atoms with E-state index in [1.807, 2.05) is 6.92 Å². The largest absolute Gasteiger partial charge is 0.329 e. The molecule has 108 valence electrons. The molecule has 0 radical (unpaired) electrons. The van der Waals surface area contributed by atoms with Crippen molar-refractivity contribution in [2.24, 2.45) is 5.73 Å². The molecule has 0 heterocycles. The minimum absolute atomic E-state index is 0.200. The normalized spacial score (nSPS) is 13.5. The standard InChI is InChI=1S/C13H21BrN2O2S/c1-3-4-5-11(9-15)16-19(17,18)12-6-7-13(14)10(2)8-12/h6-8,11,16H,3-5,9,15H2,1-2H3. The van der Waals surface area contributed by atoms with Crippen molar-refractivity contribution < 1.29 is 8.42 Å². The lowest BCUT2D eigenvalue weighted by molar-refractivity contribution is 0.516. The average Bonchev–Trinajstić information content (AvgIpc) is 2.37. The molecular formula is C13H21BrN2O2S. The number of halogens is 1. The van der Waals surface area contributed by atoms with E-state index < -0.39 is 10.0 Å². The van der Waals surface area contributed by atoms with E-state index in [2.05, 4.69) is 27.6 Å². The summed E-state index contributed by atoms with van der Waals surface area (Å²) in [6, 6.07) is 4.79. The SMILES string of the molecule is CCCCC(CN)NS(=O)(=O)c1ccc(Br)c(C)c1. The van der Waals surface area contributed by atoms with Gasteiger partial charge >= 0.3 is 0 Å². The third-order valence-electron chi connectivity index (χ3n) is 2.95. The van der Waals surface area contributed by atoms with Crippen LogP contribution in [0.2, 0.25) is 0 Å². The van der Waals surface area contributed by atoms with Crippen molar-refractivity contribution in [2.45, 2.75) is 44.0 Å². The molecule has 4 nitrogen and oxygen atoms in total. The van der Waals surface area contributed by atoms with E-state index >= 15 is 0 Å². The number of nitrogens with one attached hydrogen (secondary N) is 1. The summed E-state index contributed by atoms with van der Waals surface area (Å²) >= 11 is 3.36. The predicted molar refractivity (Wildman–Crippen MR) is 81.6 cm³/mol. The van der Waals surface area contributed by atoms with Crippen LogP contribution in [-0.4, -0.2) is 21.0 Å². The molecule has 6 heteroatoms. The number of hydrogen-bond donors (Lipinski definition) is 2. The minimum Gasteiger partial charge on any atom is -0.329 e. The molecule has 1 rings (SSSR count). The molecule has 0 aliphatic heterocycles. The number of hydrogen-bond acceptors (Lipinski definition) is 3.